The van der Waals surface area contributed by atoms with Gasteiger partial charge in [-0.3, -0.25) is 9.69 Å². The molecule has 1 atom stereocenters. The first-order chi connectivity index (χ1) is 11.6. The lowest BCUT2D eigenvalue weighted by Crippen LogP contribution is -2.36. The molecule has 3 nitrogen and oxygen atoms in total. The highest BCUT2D eigenvalue weighted by atomic mass is 32.1. The summed E-state index contributed by atoms with van der Waals surface area (Å²) in [6.45, 7) is 3.24. The van der Waals surface area contributed by atoms with Crippen LogP contribution in [0.5, 0.6) is 0 Å². The molecule has 0 spiro atoms. The maximum atomic E-state index is 12.4. The molecule has 24 heavy (non-hydrogen) atoms. The summed E-state index contributed by atoms with van der Waals surface area (Å²) in [5, 5.41) is 7.58. The summed E-state index contributed by atoms with van der Waals surface area (Å²) >= 11 is 1.72. The van der Waals surface area contributed by atoms with Crippen LogP contribution >= 0.6 is 11.3 Å². The number of hydrogen-bond donors (Lipinski definition) is 1. The fraction of sp³-hybridized carbons (Fsp3) is 0.250. The van der Waals surface area contributed by atoms with E-state index >= 15 is 0 Å². The van der Waals surface area contributed by atoms with Crippen molar-refractivity contribution < 1.29 is 4.79 Å². The zero-order valence-corrected chi connectivity index (χ0v) is 14.8. The Bertz CT molecular complexity index is 808. The fourth-order valence-electron chi connectivity index (χ4n) is 2.96. The number of thiophene rings is 1. The van der Waals surface area contributed by atoms with Gasteiger partial charge >= 0.3 is 0 Å². The number of rotatable bonds is 6. The van der Waals surface area contributed by atoms with Crippen molar-refractivity contribution in [2.45, 2.75) is 19.5 Å². The number of benzene rings is 2. The van der Waals surface area contributed by atoms with E-state index in [0.717, 1.165) is 12.1 Å². The number of amides is 1. The first-order valence-corrected chi connectivity index (χ1v) is 8.99. The number of likely N-dealkylation sites (N-methyl/N-ethyl adjacent to an activating group) is 1. The Kier molecular flexibility index (Phi) is 5.28. The highest BCUT2D eigenvalue weighted by Gasteiger charge is 2.14. The minimum absolute atomic E-state index is 0.0151. The van der Waals surface area contributed by atoms with Crippen LogP contribution in [0.1, 0.15) is 23.4 Å². The second-order valence-electron chi connectivity index (χ2n) is 6.11. The molecule has 3 aromatic rings. The Hall–Kier alpha value is -2.17. The second-order valence-corrected chi connectivity index (χ2v) is 7.14. The standard InChI is InChI=1S/C20H22N2OS/c1-15(18-11-5-8-16-7-3-4-10-19(16)18)21-20(23)14-22(2)13-17-9-6-12-24-17/h3-12,15H,13-14H2,1-2H3,(H,21,23)/t15-/m1/s1. The van der Waals surface area contributed by atoms with Crippen LogP contribution in [-0.2, 0) is 11.3 Å². The molecule has 4 heteroatoms. The Labute approximate surface area is 146 Å². The quantitative estimate of drug-likeness (QED) is 0.730. The third kappa shape index (κ3) is 4.02. The lowest BCUT2D eigenvalue weighted by Gasteiger charge is -2.20. The molecule has 0 fully saturated rings. The summed E-state index contributed by atoms with van der Waals surface area (Å²) in [5.74, 6) is 0.0505. The van der Waals surface area contributed by atoms with Gasteiger partial charge in [0.1, 0.15) is 0 Å². The topological polar surface area (TPSA) is 32.3 Å². The summed E-state index contributed by atoms with van der Waals surface area (Å²) in [7, 11) is 1.97. The van der Waals surface area contributed by atoms with Crippen LogP contribution in [0.4, 0.5) is 0 Å². The highest BCUT2D eigenvalue weighted by molar-refractivity contribution is 7.09. The van der Waals surface area contributed by atoms with Gasteiger partial charge in [0.25, 0.3) is 0 Å². The monoisotopic (exact) mass is 338 g/mol. The third-order valence-electron chi connectivity index (χ3n) is 4.09. The first-order valence-electron chi connectivity index (χ1n) is 8.11. The zero-order chi connectivity index (χ0) is 16.9. The Morgan fingerprint density at radius 2 is 1.92 bits per heavy atom. The van der Waals surface area contributed by atoms with Crippen molar-refractivity contribution in [3.63, 3.8) is 0 Å². The molecule has 0 saturated heterocycles. The molecule has 0 saturated carbocycles. The molecule has 0 aliphatic carbocycles. The number of nitrogens with zero attached hydrogens (tertiary/aromatic N) is 1. The number of carbonyl (C=O) groups excluding carboxylic acids is 1. The number of hydrogen-bond acceptors (Lipinski definition) is 3. The zero-order valence-electron chi connectivity index (χ0n) is 14.0. The lowest BCUT2D eigenvalue weighted by atomic mass is 10.00. The van der Waals surface area contributed by atoms with Crippen molar-refractivity contribution in [1.29, 1.82) is 0 Å². The van der Waals surface area contributed by atoms with Crippen LogP contribution in [0, 0.1) is 0 Å². The molecule has 0 bridgehead atoms. The van der Waals surface area contributed by atoms with Crippen molar-refractivity contribution in [3.05, 3.63) is 70.4 Å². The van der Waals surface area contributed by atoms with E-state index in [0.29, 0.717) is 6.54 Å². The summed E-state index contributed by atoms with van der Waals surface area (Å²) < 4.78 is 0. The average Bonchev–Trinajstić information content (AvgIpc) is 3.06. The largest absolute Gasteiger partial charge is 0.348 e. The van der Waals surface area contributed by atoms with E-state index in [4.69, 9.17) is 0 Å². The molecule has 0 aliphatic heterocycles. The SMILES string of the molecule is C[C@@H](NC(=O)CN(C)Cc1cccs1)c1cccc2ccccc12. The van der Waals surface area contributed by atoms with E-state index in [-0.39, 0.29) is 11.9 Å². The van der Waals surface area contributed by atoms with E-state index in [1.165, 1.54) is 15.6 Å². The smallest absolute Gasteiger partial charge is 0.234 e. The fourth-order valence-corrected chi connectivity index (χ4v) is 3.75. The molecule has 3 rings (SSSR count). The number of nitrogens with one attached hydrogen (secondary N) is 1. The van der Waals surface area contributed by atoms with Gasteiger partial charge < -0.3 is 5.32 Å². The molecule has 124 valence electrons. The minimum atomic E-state index is -0.0151. The highest BCUT2D eigenvalue weighted by Crippen LogP contribution is 2.24. The van der Waals surface area contributed by atoms with Crippen molar-refractivity contribution in [2.75, 3.05) is 13.6 Å². The summed E-state index contributed by atoms with van der Waals surface area (Å²) in [5.41, 5.74) is 1.15. The van der Waals surface area contributed by atoms with E-state index < -0.39 is 0 Å². The van der Waals surface area contributed by atoms with Gasteiger partial charge in [-0.25, -0.2) is 0 Å². The van der Waals surface area contributed by atoms with E-state index in [1.807, 2.05) is 43.1 Å². The Balaban J connectivity index is 1.63. The molecule has 1 heterocycles. The van der Waals surface area contributed by atoms with Gasteiger partial charge in [0, 0.05) is 11.4 Å². The van der Waals surface area contributed by atoms with Crippen LogP contribution < -0.4 is 5.32 Å². The number of fused-ring (bicyclic) bond motifs is 1. The maximum Gasteiger partial charge on any atom is 0.234 e. The van der Waals surface area contributed by atoms with Crippen LogP contribution in [-0.4, -0.2) is 24.4 Å². The molecule has 2 aromatic carbocycles. The summed E-state index contributed by atoms with van der Waals surface area (Å²) in [6, 6.07) is 18.6. The molecule has 1 N–H and O–H groups in total. The van der Waals surface area contributed by atoms with Gasteiger partial charge in [0.15, 0.2) is 0 Å². The molecule has 0 unspecified atom stereocenters. The predicted molar refractivity (Wildman–Crippen MR) is 101 cm³/mol. The molecule has 0 aliphatic rings. The van der Waals surface area contributed by atoms with Crippen LogP contribution in [0.2, 0.25) is 0 Å². The van der Waals surface area contributed by atoms with Gasteiger partial charge in [0.05, 0.1) is 12.6 Å². The van der Waals surface area contributed by atoms with Gasteiger partial charge in [-0.1, -0.05) is 48.5 Å². The Morgan fingerprint density at radius 3 is 2.71 bits per heavy atom. The molecule has 1 aromatic heterocycles. The van der Waals surface area contributed by atoms with Gasteiger partial charge in [-0.05, 0) is 41.8 Å². The minimum Gasteiger partial charge on any atom is -0.348 e. The van der Waals surface area contributed by atoms with Crippen molar-refractivity contribution in [2.24, 2.45) is 0 Å². The van der Waals surface area contributed by atoms with Gasteiger partial charge in [-0.2, -0.15) is 0 Å². The second kappa shape index (κ2) is 7.60. The molecular formula is C20H22N2OS. The van der Waals surface area contributed by atoms with E-state index in [9.17, 15) is 4.79 Å². The summed E-state index contributed by atoms with van der Waals surface area (Å²) in [6.07, 6.45) is 0. The molecule has 1 amide bonds. The average molecular weight is 338 g/mol. The third-order valence-corrected chi connectivity index (χ3v) is 4.95. The first kappa shape index (κ1) is 16.7. The Morgan fingerprint density at radius 1 is 1.12 bits per heavy atom. The number of carbonyl (C=O) groups is 1. The lowest BCUT2D eigenvalue weighted by molar-refractivity contribution is -0.122. The van der Waals surface area contributed by atoms with Crippen LogP contribution in [0.15, 0.2) is 60.0 Å². The predicted octanol–water partition coefficient (Wildman–Crippen LogP) is 4.21. The van der Waals surface area contributed by atoms with Crippen molar-refractivity contribution in [3.8, 4) is 0 Å². The molecule has 0 radical (unpaired) electrons. The van der Waals surface area contributed by atoms with Crippen LogP contribution in [0.3, 0.4) is 0 Å². The van der Waals surface area contributed by atoms with Crippen molar-refractivity contribution >= 4 is 28.0 Å². The summed E-state index contributed by atoms with van der Waals surface area (Å²) in [4.78, 5) is 15.7. The maximum absolute atomic E-state index is 12.4. The van der Waals surface area contributed by atoms with Gasteiger partial charge in [-0.15, -0.1) is 11.3 Å². The molecular weight excluding hydrogens is 316 g/mol. The van der Waals surface area contributed by atoms with E-state index in [2.05, 4.69) is 41.0 Å². The normalized spacial score (nSPS) is 12.5. The van der Waals surface area contributed by atoms with Gasteiger partial charge in [0.2, 0.25) is 5.91 Å². The van der Waals surface area contributed by atoms with E-state index in [1.54, 1.807) is 11.3 Å². The van der Waals surface area contributed by atoms with Crippen molar-refractivity contribution in [1.82, 2.24) is 10.2 Å². The van der Waals surface area contributed by atoms with Crippen LogP contribution in [0.25, 0.3) is 10.8 Å².